The second-order valence-corrected chi connectivity index (χ2v) is 4.44. The Morgan fingerprint density at radius 3 is 2.30 bits per heavy atom. The Balaban J connectivity index is -0.000000595. The lowest BCUT2D eigenvalue weighted by molar-refractivity contribution is 0.0206. The highest BCUT2D eigenvalue weighted by atomic mass is 19.3. The molecule has 20 heavy (non-hydrogen) atoms. The van der Waals surface area contributed by atoms with Crippen molar-refractivity contribution in [3.8, 4) is 0 Å². The van der Waals surface area contributed by atoms with E-state index in [-0.39, 0.29) is 20.4 Å². The molecule has 0 amide bonds. The van der Waals surface area contributed by atoms with Gasteiger partial charge in [-0.15, -0.1) is 6.58 Å². The van der Waals surface area contributed by atoms with Gasteiger partial charge < -0.3 is 10.2 Å². The molecule has 0 aromatic heterocycles. The second-order valence-electron chi connectivity index (χ2n) is 4.44. The van der Waals surface area contributed by atoms with Crippen LogP contribution in [0, 0.1) is 0 Å². The molecule has 1 N–H and O–H groups in total. The molecular weight excluding hydrogens is 258 g/mol. The molecule has 1 aliphatic heterocycles. The zero-order valence-corrected chi connectivity index (χ0v) is 14.0. The Kier molecular flexibility index (Phi) is 14.7. The van der Waals surface area contributed by atoms with Crippen LogP contribution in [0.4, 0.5) is 8.78 Å². The van der Waals surface area contributed by atoms with Crippen molar-refractivity contribution < 1.29 is 10.2 Å². The normalized spacial score (nSPS) is 19.7. The van der Waals surface area contributed by atoms with Gasteiger partial charge in [-0.05, 0) is 25.9 Å². The maximum atomic E-state index is 12.9. The summed E-state index contributed by atoms with van der Waals surface area (Å²) in [6, 6.07) is -0.0206. The average molecular weight is 294 g/mol. The lowest BCUT2D eigenvalue weighted by Gasteiger charge is -2.21. The second kappa shape index (κ2) is 13.5. The van der Waals surface area contributed by atoms with Gasteiger partial charge in [0.1, 0.15) is 0 Å². The summed E-state index contributed by atoms with van der Waals surface area (Å²) < 4.78 is 25.8. The maximum absolute atomic E-state index is 12.9. The minimum absolute atomic E-state index is 0. The van der Waals surface area contributed by atoms with E-state index < -0.39 is 5.92 Å². The first kappa shape index (κ1) is 21.8. The number of hydrogen-bond acceptors (Lipinski definition) is 2. The molecule has 0 spiro atoms. The molecule has 1 atom stereocenters. The van der Waals surface area contributed by atoms with E-state index in [1.807, 2.05) is 33.8 Å². The average Bonchev–Trinajstić information content (AvgIpc) is 2.83. The monoisotopic (exact) mass is 294 g/mol. The summed E-state index contributed by atoms with van der Waals surface area (Å²) in [5.74, 6) is -2.50. The molecule has 4 heteroatoms. The Morgan fingerprint density at radius 2 is 1.90 bits per heavy atom. The largest absolute Gasteiger partial charge is 0.308 e. The number of halogens is 2. The molecule has 1 saturated heterocycles. The van der Waals surface area contributed by atoms with Crippen molar-refractivity contribution in [3.63, 3.8) is 0 Å². The number of rotatable bonds is 7. The molecule has 1 aliphatic rings. The van der Waals surface area contributed by atoms with Crippen molar-refractivity contribution in [1.82, 2.24) is 10.2 Å². The van der Waals surface area contributed by atoms with Crippen LogP contribution in [0.15, 0.2) is 12.7 Å². The van der Waals surface area contributed by atoms with E-state index in [4.69, 9.17) is 0 Å². The van der Waals surface area contributed by atoms with Gasteiger partial charge in [0, 0.05) is 20.4 Å². The van der Waals surface area contributed by atoms with Gasteiger partial charge in [-0.25, -0.2) is 8.78 Å². The van der Waals surface area contributed by atoms with Crippen LogP contribution in [-0.2, 0) is 0 Å². The molecule has 124 valence electrons. The van der Waals surface area contributed by atoms with E-state index >= 15 is 0 Å². The Hall–Kier alpha value is -0.480. The standard InChI is InChI=1S/C12H22F2N2.2C2H6.H2/c1-3-5-7-16(4-2)8-6-11-9-12(13,14)10-15-11;2*1-2;/h3,11,15H,1,4-10H2,2H3;2*1-2H3;1H. The van der Waals surface area contributed by atoms with Gasteiger partial charge in [-0.2, -0.15) is 0 Å². The van der Waals surface area contributed by atoms with Gasteiger partial charge in [-0.3, -0.25) is 0 Å². The van der Waals surface area contributed by atoms with Gasteiger partial charge in [0.05, 0.1) is 6.54 Å². The first-order valence-electron chi connectivity index (χ1n) is 8.02. The Bertz CT molecular complexity index is 226. The van der Waals surface area contributed by atoms with Crippen molar-refractivity contribution in [2.24, 2.45) is 0 Å². The van der Waals surface area contributed by atoms with E-state index in [2.05, 4.69) is 23.7 Å². The van der Waals surface area contributed by atoms with Crippen molar-refractivity contribution in [2.45, 2.75) is 65.8 Å². The Labute approximate surface area is 126 Å². The summed E-state index contributed by atoms with van der Waals surface area (Å²) in [5, 5.41) is 2.89. The third kappa shape index (κ3) is 10.3. The molecule has 1 heterocycles. The summed E-state index contributed by atoms with van der Waals surface area (Å²) in [5.41, 5.74) is 0. The first-order chi connectivity index (χ1) is 9.57. The van der Waals surface area contributed by atoms with Crippen molar-refractivity contribution in [3.05, 3.63) is 12.7 Å². The van der Waals surface area contributed by atoms with Crippen LogP contribution in [0.3, 0.4) is 0 Å². The van der Waals surface area contributed by atoms with Crippen molar-refractivity contribution in [2.75, 3.05) is 26.2 Å². The molecule has 1 fully saturated rings. The maximum Gasteiger partial charge on any atom is 0.261 e. The van der Waals surface area contributed by atoms with Crippen LogP contribution in [-0.4, -0.2) is 43.0 Å². The molecular formula is C16H36F2N2. The van der Waals surface area contributed by atoms with Crippen LogP contribution >= 0.6 is 0 Å². The van der Waals surface area contributed by atoms with Crippen molar-refractivity contribution in [1.29, 1.82) is 0 Å². The molecule has 2 nitrogen and oxygen atoms in total. The summed E-state index contributed by atoms with van der Waals surface area (Å²) in [4.78, 5) is 2.28. The lowest BCUT2D eigenvalue weighted by Crippen LogP contribution is -2.31. The fraction of sp³-hybridized carbons (Fsp3) is 0.875. The SMILES string of the molecule is C=CCCN(CC)CCC1CC(F)(F)CN1.CC.CC.[HH]. The molecule has 0 aromatic rings. The minimum Gasteiger partial charge on any atom is -0.308 e. The van der Waals surface area contributed by atoms with E-state index in [0.29, 0.717) is 0 Å². The highest BCUT2D eigenvalue weighted by Gasteiger charge is 2.38. The molecule has 1 rings (SSSR count). The summed E-state index contributed by atoms with van der Waals surface area (Å²) in [6.07, 6.45) is 3.65. The lowest BCUT2D eigenvalue weighted by atomic mass is 10.1. The third-order valence-corrected chi connectivity index (χ3v) is 3.08. The molecule has 0 aliphatic carbocycles. The minimum atomic E-state index is -2.50. The van der Waals surface area contributed by atoms with Gasteiger partial charge in [0.15, 0.2) is 0 Å². The highest BCUT2D eigenvalue weighted by Crippen LogP contribution is 2.26. The molecule has 0 saturated carbocycles. The topological polar surface area (TPSA) is 15.3 Å². The third-order valence-electron chi connectivity index (χ3n) is 3.08. The van der Waals surface area contributed by atoms with E-state index in [0.717, 1.165) is 32.5 Å². The smallest absolute Gasteiger partial charge is 0.261 e. The quantitative estimate of drug-likeness (QED) is 0.692. The van der Waals surface area contributed by atoms with E-state index in [1.54, 1.807) is 0 Å². The van der Waals surface area contributed by atoms with Gasteiger partial charge >= 0.3 is 0 Å². The van der Waals surface area contributed by atoms with Crippen LogP contribution < -0.4 is 5.32 Å². The fourth-order valence-electron chi connectivity index (χ4n) is 2.04. The zero-order valence-electron chi connectivity index (χ0n) is 14.0. The predicted octanol–water partition coefficient (Wildman–Crippen LogP) is 4.57. The molecule has 0 radical (unpaired) electrons. The van der Waals surface area contributed by atoms with E-state index in [1.165, 1.54) is 0 Å². The Morgan fingerprint density at radius 1 is 1.30 bits per heavy atom. The van der Waals surface area contributed by atoms with Gasteiger partial charge in [0.2, 0.25) is 0 Å². The van der Waals surface area contributed by atoms with Crippen LogP contribution in [0.5, 0.6) is 0 Å². The predicted molar refractivity (Wildman–Crippen MR) is 87.7 cm³/mol. The first-order valence-corrected chi connectivity index (χ1v) is 8.02. The van der Waals surface area contributed by atoms with Crippen LogP contribution in [0.2, 0.25) is 0 Å². The molecule has 0 bridgehead atoms. The van der Waals surface area contributed by atoms with E-state index in [9.17, 15) is 8.78 Å². The van der Waals surface area contributed by atoms with Gasteiger partial charge in [-0.1, -0.05) is 40.7 Å². The number of nitrogens with zero attached hydrogens (tertiary/aromatic N) is 1. The van der Waals surface area contributed by atoms with Crippen LogP contribution in [0.1, 0.15) is 55.3 Å². The molecule has 0 aromatic carbocycles. The molecule has 1 unspecified atom stereocenters. The van der Waals surface area contributed by atoms with Gasteiger partial charge in [0.25, 0.3) is 5.92 Å². The summed E-state index contributed by atoms with van der Waals surface area (Å²) >= 11 is 0. The number of nitrogens with one attached hydrogen (secondary N) is 1. The number of hydrogen-bond donors (Lipinski definition) is 1. The number of alkyl halides is 2. The van der Waals surface area contributed by atoms with Crippen molar-refractivity contribution >= 4 is 0 Å². The summed E-state index contributed by atoms with van der Waals surface area (Å²) in [6.45, 7) is 16.5. The summed E-state index contributed by atoms with van der Waals surface area (Å²) in [7, 11) is 0. The zero-order chi connectivity index (χ0) is 16.0. The van der Waals surface area contributed by atoms with Crippen LogP contribution in [0.25, 0.3) is 0 Å². The highest BCUT2D eigenvalue weighted by molar-refractivity contribution is 4.87. The fourth-order valence-corrected chi connectivity index (χ4v) is 2.04.